The van der Waals surface area contributed by atoms with E-state index in [1.54, 1.807) is 0 Å². The molecule has 0 amide bonds. The Morgan fingerprint density at radius 3 is 1.67 bits per heavy atom. The van der Waals surface area contributed by atoms with Crippen molar-refractivity contribution >= 4 is 52.5 Å². The largest absolute Gasteiger partial charge is 1.00 e. The third-order valence-electron chi connectivity index (χ3n) is 3.97. The third-order valence-corrected chi connectivity index (χ3v) is 6.50. The number of nitrogens with zero attached hydrogens (tertiary/aromatic N) is 2. The minimum atomic E-state index is -5.24. The zero-order valence-corrected chi connectivity index (χ0v) is 23.3. The molecule has 0 saturated heterocycles. The first-order valence-electron chi connectivity index (χ1n) is 7.87. The summed E-state index contributed by atoms with van der Waals surface area (Å²) in [6.07, 6.45) is 0. The van der Waals surface area contributed by atoms with Crippen LogP contribution in [0.5, 0.6) is 5.75 Å². The van der Waals surface area contributed by atoms with E-state index in [-0.39, 0.29) is 75.6 Å². The Morgan fingerprint density at radius 2 is 1.18 bits per heavy atom. The molecule has 164 valence electrons. The first-order chi connectivity index (χ1) is 14.2. The van der Waals surface area contributed by atoms with E-state index in [9.17, 15) is 44.0 Å². The van der Waals surface area contributed by atoms with Gasteiger partial charge in [-0.2, -0.15) is 5.11 Å². The van der Waals surface area contributed by atoms with Gasteiger partial charge in [-0.15, -0.1) is 5.11 Å². The maximum atomic E-state index is 11.6. The smallest absolute Gasteiger partial charge is 0.744 e. The summed E-state index contributed by atoms with van der Waals surface area (Å²) in [6.45, 7) is 0. The van der Waals surface area contributed by atoms with Crippen LogP contribution in [0.4, 0.5) is 11.4 Å². The second-order valence-electron chi connectivity index (χ2n) is 6.01. The van der Waals surface area contributed by atoms with Crippen molar-refractivity contribution in [1.29, 1.82) is 0 Å². The first kappa shape index (κ1) is 30.1. The Balaban J connectivity index is 0.00000272. The van der Waals surface area contributed by atoms with Crippen LogP contribution >= 0.6 is 0 Å². The monoisotopic (exact) mass is 531 g/mol. The molecule has 0 aliphatic heterocycles. The van der Waals surface area contributed by atoms with Crippen LogP contribution in [0.1, 0.15) is 0 Å². The molecule has 1 N–H and O–H groups in total. The van der Waals surface area contributed by atoms with Crippen LogP contribution in [0.15, 0.2) is 73.4 Å². The molecule has 3 aromatic rings. The molecule has 0 unspecified atom stereocenters. The van der Waals surface area contributed by atoms with E-state index < -0.39 is 56.5 Å². The van der Waals surface area contributed by atoms with E-state index in [1.165, 1.54) is 0 Å². The second kappa shape index (κ2) is 10.8. The summed E-state index contributed by atoms with van der Waals surface area (Å²) in [4.78, 5) is -2.30. The molecular weight excluding hydrogens is 522 g/mol. The van der Waals surface area contributed by atoms with Crippen molar-refractivity contribution in [2.24, 2.45) is 10.2 Å². The van der Waals surface area contributed by atoms with Gasteiger partial charge in [-0.25, -0.2) is 25.3 Å². The van der Waals surface area contributed by atoms with E-state index in [2.05, 4.69) is 10.2 Å². The second-order valence-corrected chi connectivity index (χ2v) is 10.1. The zero-order chi connectivity index (χ0) is 23.2. The maximum Gasteiger partial charge on any atom is 1.00 e. The number of hydrogen-bond donors (Lipinski definition) is 1. The molecule has 0 heterocycles. The molecule has 0 bridgehead atoms. The standard InChI is InChI=1S/C16H12N2O10S3.2Na/c19-16-13-6-5-12(30(23,24)25)7-9(13)8-14(31(26,27)28)15(16)18-17-10-1-3-11(4-2-10)29(20,21)22;;/h1-8,19H,(H,20,21,22)(H,23,24,25)(H,26,27,28);;/q;2*+1/p-3. The molecule has 0 radical (unpaired) electrons. The summed E-state index contributed by atoms with van der Waals surface area (Å²) in [6, 6.07) is 7.40. The van der Waals surface area contributed by atoms with Gasteiger partial charge in [-0.05, 0) is 53.9 Å². The van der Waals surface area contributed by atoms with Crippen LogP contribution in [0, 0.1) is 0 Å². The van der Waals surface area contributed by atoms with Crippen LogP contribution in [-0.4, -0.2) is 44.0 Å². The summed E-state index contributed by atoms with van der Waals surface area (Å²) in [5.74, 6) is -0.829. The van der Waals surface area contributed by atoms with Gasteiger partial charge < -0.3 is 18.8 Å². The zero-order valence-electron chi connectivity index (χ0n) is 16.9. The van der Waals surface area contributed by atoms with E-state index >= 15 is 0 Å². The van der Waals surface area contributed by atoms with E-state index in [0.29, 0.717) is 0 Å². The summed E-state index contributed by atoms with van der Waals surface area (Å²) in [5.41, 5.74) is -0.810. The number of phenols is 1. The Kier molecular flexibility index (Phi) is 9.81. The average molecular weight is 531 g/mol. The van der Waals surface area contributed by atoms with Crippen molar-refractivity contribution in [2.75, 3.05) is 0 Å². The molecule has 3 aromatic carbocycles. The van der Waals surface area contributed by atoms with Crippen molar-refractivity contribution in [3.05, 3.63) is 48.5 Å². The van der Waals surface area contributed by atoms with Crippen molar-refractivity contribution in [2.45, 2.75) is 14.7 Å². The van der Waals surface area contributed by atoms with Gasteiger partial charge in [-0.1, -0.05) is 0 Å². The molecule has 0 aliphatic rings. The van der Waals surface area contributed by atoms with Gasteiger partial charge >= 0.3 is 59.1 Å². The van der Waals surface area contributed by atoms with Crippen LogP contribution in [0.25, 0.3) is 10.8 Å². The molecule has 0 aromatic heterocycles. The van der Waals surface area contributed by atoms with Gasteiger partial charge in [0, 0.05) is 5.39 Å². The van der Waals surface area contributed by atoms with Crippen LogP contribution in [0.3, 0.4) is 0 Å². The Hall–Kier alpha value is -0.950. The molecule has 33 heavy (non-hydrogen) atoms. The minimum Gasteiger partial charge on any atom is -0.744 e. The van der Waals surface area contributed by atoms with Gasteiger partial charge in [0.2, 0.25) is 0 Å². The van der Waals surface area contributed by atoms with E-state index in [4.69, 9.17) is 0 Å². The number of benzene rings is 3. The Morgan fingerprint density at radius 1 is 0.667 bits per heavy atom. The number of hydrogen-bond acceptors (Lipinski definition) is 12. The fourth-order valence-corrected chi connectivity index (χ4v) is 4.18. The Labute approximate surface area is 232 Å². The number of azo groups is 1. The normalized spacial score (nSPS) is 12.3. The minimum absolute atomic E-state index is 0. The summed E-state index contributed by atoms with van der Waals surface area (Å²) in [7, 11) is -14.8. The molecule has 0 fully saturated rings. The van der Waals surface area contributed by atoms with Crippen LogP contribution in [-0.2, 0) is 30.4 Å². The summed E-state index contributed by atoms with van der Waals surface area (Å²) < 4.78 is 101. The topological polar surface area (TPSA) is 217 Å². The number of aromatic hydroxyl groups is 1. The average Bonchev–Trinajstić information content (AvgIpc) is 2.65. The van der Waals surface area contributed by atoms with E-state index in [1.807, 2.05) is 0 Å². The number of phenolic OH excluding ortho intramolecular Hbond substituents is 1. The van der Waals surface area contributed by atoms with Gasteiger partial charge in [-0.3, -0.25) is 0 Å². The number of rotatable bonds is 5. The molecule has 3 rings (SSSR count). The van der Waals surface area contributed by atoms with Gasteiger partial charge in [0.25, 0.3) is 0 Å². The molecule has 12 nitrogen and oxygen atoms in total. The fraction of sp³-hybridized carbons (Fsp3) is 0. The first-order valence-corrected chi connectivity index (χ1v) is 12.1. The molecule has 0 atom stereocenters. The SMILES string of the molecule is O=S(=O)([O-])c1ccc(N=Nc2c(S(=O)(=O)[O-])cc3cc(S(=O)(=O)[O-])ccc3c2O)cc1.[Na+].[Na+]. The van der Waals surface area contributed by atoms with E-state index in [0.717, 1.165) is 48.5 Å². The number of fused-ring (bicyclic) bond motifs is 1. The van der Waals surface area contributed by atoms with Gasteiger partial charge in [0.15, 0.2) is 5.75 Å². The van der Waals surface area contributed by atoms with Crippen LogP contribution < -0.4 is 59.1 Å². The molecule has 0 aliphatic carbocycles. The predicted octanol–water partition coefficient (Wildman–Crippen LogP) is -4.32. The Bertz CT molecular complexity index is 1550. The molecule has 17 heteroatoms. The molecular formula is C16H9N2Na2O10S3-. The molecule has 0 saturated carbocycles. The fourth-order valence-electron chi connectivity index (χ4n) is 2.56. The summed E-state index contributed by atoms with van der Waals surface area (Å²) >= 11 is 0. The van der Waals surface area contributed by atoms with Crippen molar-refractivity contribution < 1.29 is 103 Å². The van der Waals surface area contributed by atoms with Crippen LogP contribution in [0.2, 0.25) is 0 Å². The van der Waals surface area contributed by atoms with Crippen molar-refractivity contribution in [3.63, 3.8) is 0 Å². The predicted molar refractivity (Wildman–Crippen MR) is 100 cm³/mol. The van der Waals surface area contributed by atoms with Gasteiger partial charge in [0.1, 0.15) is 36.0 Å². The maximum absolute atomic E-state index is 11.6. The summed E-state index contributed by atoms with van der Waals surface area (Å²) in [5, 5.41) is 17.2. The van der Waals surface area contributed by atoms with Crippen molar-refractivity contribution in [1.82, 2.24) is 0 Å². The third kappa shape index (κ3) is 7.03. The van der Waals surface area contributed by atoms with Crippen molar-refractivity contribution in [3.8, 4) is 5.75 Å². The molecule has 0 spiro atoms. The quantitative estimate of drug-likeness (QED) is 0.190. The van der Waals surface area contributed by atoms with Gasteiger partial charge in [0.05, 0.1) is 20.4 Å².